The summed E-state index contributed by atoms with van der Waals surface area (Å²) >= 11 is 0. The number of nitrogens with zero attached hydrogens (tertiary/aromatic N) is 3. The predicted octanol–water partition coefficient (Wildman–Crippen LogP) is 3.83. The minimum Gasteiger partial charge on any atom is -0.301 e. The average Bonchev–Trinajstić information content (AvgIpc) is 2.93. The fourth-order valence-electron chi connectivity index (χ4n) is 5.39. The van der Waals surface area contributed by atoms with Gasteiger partial charge in [-0.25, -0.2) is 0 Å². The summed E-state index contributed by atoms with van der Waals surface area (Å²) in [7, 11) is 0. The van der Waals surface area contributed by atoms with Crippen LogP contribution >= 0.6 is 0 Å². The molecule has 3 heteroatoms. The van der Waals surface area contributed by atoms with Crippen LogP contribution in [0.4, 0.5) is 0 Å². The second kappa shape index (κ2) is 8.51. The first-order valence-corrected chi connectivity index (χ1v) is 10.8. The van der Waals surface area contributed by atoms with Gasteiger partial charge >= 0.3 is 0 Å². The molecule has 0 amide bonds. The van der Waals surface area contributed by atoms with Crippen LogP contribution in [0.1, 0.15) is 72.6 Å². The van der Waals surface area contributed by atoms with E-state index in [4.69, 9.17) is 0 Å². The van der Waals surface area contributed by atoms with Gasteiger partial charge in [0.1, 0.15) is 0 Å². The van der Waals surface area contributed by atoms with Crippen LogP contribution in [0.25, 0.3) is 0 Å². The Morgan fingerprint density at radius 1 is 0.750 bits per heavy atom. The lowest BCUT2D eigenvalue weighted by atomic mass is 9.90. The van der Waals surface area contributed by atoms with E-state index in [0.29, 0.717) is 0 Å². The van der Waals surface area contributed by atoms with E-state index in [1.54, 1.807) is 0 Å². The molecule has 3 aliphatic rings. The van der Waals surface area contributed by atoms with E-state index in [0.717, 1.165) is 30.1 Å². The normalized spacial score (nSPS) is 32.9. The first kappa shape index (κ1) is 18.7. The molecule has 4 atom stereocenters. The van der Waals surface area contributed by atoms with Gasteiger partial charge in [-0.3, -0.25) is 4.90 Å². The topological polar surface area (TPSA) is 9.72 Å². The van der Waals surface area contributed by atoms with Gasteiger partial charge in [0, 0.05) is 30.7 Å². The molecule has 0 spiro atoms. The molecule has 0 aliphatic carbocycles. The Balaban J connectivity index is 1.48. The third-order valence-corrected chi connectivity index (χ3v) is 7.07. The van der Waals surface area contributed by atoms with Gasteiger partial charge in [0.05, 0.1) is 0 Å². The Morgan fingerprint density at radius 3 is 2.12 bits per heavy atom. The van der Waals surface area contributed by atoms with Gasteiger partial charge in [-0.15, -0.1) is 0 Å². The van der Waals surface area contributed by atoms with Gasteiger partial charge in [-0.1, -0.05) is 0 Å². The molecule has 3 rings (SSSR count). The molecule has 0 saturated carbocycles. The Bertz CT molecular complexity index is 379. The fraction of sp³-hybridized carbons (Fsp3) is 1.00. The monoisotopic (exact) mass is 335 g/mol. The molecule has 3 nitrogen and oxygen atoms in total. The lowest BCUT2D eigenvalue weighted by Crippen LogP contribution is -2.48. The average molecular weight is 336 g/mol. The highest BCUT2D eigenvalue weighted by Crippen LogP contribution is 2.30. The largest absolute Gasteiger partial charge is 0.301 e. The second-order valence-electron chi connectivity index (χ2n) is 9.19. The highest BCUT2D eigenvalue weighted by atomic mass is 15.2. The van der Waals surface area contributed by atoms with Gasteiger partial charge in [-0.2, -0.15) is 0 Å². The van der Waals surface area contributed by atoms with Crippen molar-refractivity contribution in [3.05, 3.63) is 0 Å². The van der Waals surface area contributed by atoms with Gasteiger partial charge < -0.3 is 9.80 Å². The molecule has 3 saturated heterocycles. The van der Waals surface area contributed by atoms with Gasteiger partial charge in [0.15, 0.2) is 0 Å². The second-order valence-corrected chi connectivity index (χ2v) is 9.19. The molecule has 4 unspecified atom stereocenters. The van der Waals surface area contributed by atoms with Crippen molar-refractivity contribution >= 4 is 0 Å². The summed E-state index contributed by atoms with van der Waals surface area (Å²) in [5, 5.41) is 0. The molecule has 3 fully saturated rings. The molecule has 3 aliphatic heterocycles. The van der Waals surface area contributed by atoms with E-state index in [1.165, 1.54) is 77.7 Å². The van der Waals surface area contributed by atoms with E-state index >= 15 is 0 Å². The Hall–Kier alpha value is -0.120. The molecule has 0 N–H and O–H groups in total. The molecule has 0 aromatic carbocycles. The molecule has 3 heterocycles. The number of rotatable bonds is 7. The Morgan fingerprint density at radius 2 is 1.46 bits per heavy atom. The van der Waals surface area contributed by atoms with Gasteiger partial charge in [-0.05, 0) is 105 Å². The number of hydrogen-bond acceptors (Lipinski definition) is 3. The number of piperidine rings is 1. The maximum atomic E-state index is 2.88. The molecule has 140 valence electrons. The zero-order valence-electron chi connectivity index (χ0n) is 16.7. The molecule has 24 heavy (non-hydrogen) atoms. The van der Waals surface area contributed by atoms with E-state index in [1.807, 2.05) is 0 Å². The number of likely N-dealkylation sites (tertiary alicyclic amines) is 3. The fourth-order valence-corrected chi connectivity index (χ4v) is 5.39. The van der Waals surface area contributed by atoms with Crippen molar-refractivity contribution in [2.75, 3.05) is 32.7 Å². The van der Waals surface area contributed by atoms with Crippen molar-refractivity contribution in [3.8, 4) is 0 Å². The third-order valence-electron chi connectivity index (χ3n) is 7.07. The first-order valence-electron chi connectivity index (χ1n) is 10.8. The summed E-state index contributed by atoms with van der Waals surface area (Å²) in [5.74, 6) is 0.921. The maximum absolute atomic E-state index is 2.88. The predicted molar refractivity (Wildman–Crippen MR) is 104 cm³/mol. The van der Waals surface area contributed by atoms with Crippen molar-refractivity contribution in [3.63, 3.8) is 0 Å². The van der Waals surface area contributed by atoms with Crippen LogP contribution in [0.15, 0.2) is 0 Å². The van der Waals surface area contributed by atoms with Crippen molar-refractivity contribution in [2.45, 2.75) is 96.8 Å². The van der Waals surface area contributed by atoms with Crippen LogP contribution < -0.4 is 0 Å². The lowest BCUT2D eigenvalue weighted by molar-refractivity contribution is 0.0749. The van der Waals surface area contributed by atoms with Crippen molar-refractivity contribution < 1.29 is 0 Å². The van der Waals surface area contributed by atoms with Crippen molar-refractivity contribution in [1.29, 1.82) is 0 Å². The molecular formula is C21H41N3. The zero-order valence-corrected chi connectivity index (χ0v) is 16.7. The molecule has 0 aromatic heterocycles. The summed E-state index contributed by atoms with van der Waals surface area (Å²) in [6, 6.07) is 3.14. The van der Waals surface area contributed by atoms with E-state index < -0.39 is 0 Å². The summed E-state index contributed by atoms with van der Waals surface area (Å²) in [4.78, 5) is 8.27. The van der Waals surface area contributed by atoms with Gasteiger partial charge in [0.2, 0.25) is 0 Å². The first-order chi connectivity index (χ1) is 11.5. The zero-order chi connectivity index (χ0) is 17.1. The van der Waals surface area contributed by atoms with E-state index in [2.05, 4.69) is 42.4 Å². The molecule has 0 radical (unpaired) electrons. The van der Waals surface area contributed by atoms with Crippen LogP contribution in [0.5, 0.6) is 0 Å². The quantitative estimate of drug-likeness (QED) is 0.700. The minimum atomic E-state index is 0.722. The lowest BCUT2D eigenvalue weighted by Gasteiger charge is -2.41. The summed E-state index contributed by atoms with van der Waals surface area (Å²) < 4.78 is 0. The number of hydrogen-bond donors (Lipinski definition) is 0. The van der Waals surface area contributed by atoms with Crippen LogP contribution in [0.3, 0.4) is 0 Å². The van der Waals surface area contributed by atoms with Crippen LogP contribution in [-0.4, -0.2) is 71.6 Å². The highest BCUT2D eigenvalue weighted by Gasteiger charge is 2.33. The van der Waals surface area contributed by atoms with E-state index in [9.17, 15) is 0 Å². The molecule has 0 bridgehead atoms. The SMILES string of the molecule is CC(C)N1CCCC(CC(C)N2CCCC2CC(C)N2CCC2)C1. The third kappa shape index (κ3) is 4.53. The van der Waals surface area contributed by atoms with E-state index in [-0.39, 0.29) is 0 Å². The van der Waals surface area contributed by atoms with Crippen molar-refractivity contribution in [1.82, 2.24) is 14.7 Å². The highest BCUT2D eigenvalue weighted by molar-refractivity contribution is 4.89. The van der Waals surface area contributed by atoms with Crippen LogP contribution in [0, 0.1) is 5.92 Å². The Kier molecular flexibility index (Phi) is 6.62. The minimum absolute atomic E-state index is 0.722. The Labute approximate surface area is 150 Å². The van der Waals surface area contributed by atoms with Crippen molar-refractivity contribution in [2.24, 2.45) is 5.92 Å². The standard InChI is InChI=1S/C21H41N3/c1-17(2)23-10-5-8-20(16-23)14-19(4)24-13-6-9-21(24)15-18(3)22-11-7-12-22/h17-21H,5-16H2,1-4H3. The summed E-state index contributed by atoms with van der Waals surface area (Å²) in [6.07, 6.45) is 9.95. The maximum Gasteiger partial charge on any atom is 0.0113 e. The molecular weight excluding hydrogens is 294 g/mol. The summed E-state index contributed by atoms with van der Waals surface area (Å²) in [6.45, 7) is 16.4. The smallest absolute Gasteiger partial charge is 0.0113 e. The van der Waals surface area contributed by atoms with Gasteiger partial charge in [0.25, 0.3) is 0 Å². The van der Waals surface area contributed by atoms with Crippen LogP contribution in [0.2, 0.25) is 0 Å². The summed E-state index contributed by atoms with van der Waals surface area (Å²) in [5.41, 5.74) is 0. The van der Waals surface area contributed by atoms with Crippen LogP contribution in [-0.2, 0) is 0 Å². The molecule has 0 aromatic rings.